The van der Waals surface area contributed by atoms with Gasteiger partial charge in [-0.25, -0.2) is 17.4 Å². The molecule has 0 aromatic rings. The zero-order valence-corrected chi connectivity index (χ0v) is 19.2. The van der Waals surface area contributed by atoms with Crippen molar-refractivity contribution in [1.82, 2.24) is 14.3 Å². The van der Waals surface area contributed by atoms with Gasteiger partial charge >= 0.3 is 6.03 Å². The number of urea groups is 1. The lowest BCUT2D eigenvalue weighted by Crippen LogP contribution is -2.52. The molecule has 1 heterocycles. The molecule has 2 amide bonds. The van der Waals surface area contributed by atoms with Gasteiger partial charge in [-0.2, -0.15) is 4.31 Å². The van der Waals surface area contributed by atoms with E-state index in [1.165, 1.54) is 42.5 Å². The molecule has 30 heavy (non-hydrogen) atoms. The number of rotatable bonds is 5. The van der Waals surface area contributed by atoms with Gasteiger partial charge in [0.2, 0.25) is 10.0 Å². The van der Waals surface area contributed by atoms with Crippen molar-refractivity contribution < 1.29 is 21.3 Å². The van der Waals surface area contributed by atoms with E-state index in [-0.39, 0.29) is 6.04 Å². The number of carbonyl (C=O) groups is 1. The monoisotopic (exact) mass is 463 g/mol. The summed E-state index contributed by atoms with van der Waals surface area (Å²) in [6, 6.07) is -1.24. The Hall–Kier alpha value is -1.00. The smallest absolute Gasteiger partial charge is 0.327 e. The first kappa shape index (κ1) is 22.2. The predicted molar refractivity (Wildman–Crippen MR) is 116 cm³/mol. The first-order chi connectivity index (χ1) is 14.1. The predicted octanol–water partition coefficient (Wildman–Crippen LogP) is 2.64. The minimum absolute atomic E-state index is 0.0105. The molecule has 0 bridgehead atoms. The van der Waals surface area contributed by atoms with Crippen LogP contribution in [0.15, 0.2) is 11.5 Å². The minimum atomic E-state index is -4.56. The molecule has 5 unspecified atom stereocenters. The number of nitrogens with zero attached hydrogens (tertiary/aromatic N) is 1. The molecule has 4 rings (SSSR count). The van der Waals surface area contributed by atoms with Gasteiger partial charge in [-0.3, -0.25) is 4.72 Å². The van der Waals surface area contributed by atoms with E-state index in [0.717, 1.165) is 30.4 Å². The summed E-state index contributed by atoms with van der Waals surface area (Å²) >= 11 is 0. The lowest BCUT2D eigenvalue weighted by Gasteiger charge is -2.42. The van der Waals surface area contributed by atoms with Crippen molar-refractivity contribution in [1.29, 1.82) is 0 Å². The van der Waals surface area contributed by atoms with Crippen LogP contribution >= 0.6 is 0 Å². The van der Waals surface area contributed by atoms with Crippen LogP contribution < -0.4 is 10.0 Å². The van der Waals surface area contributed by atoms with E-state index >= 15 is 0 Å². The number of hydrogen-bond acceptors (Lipinski definition) is 4. The summed E-state index contributed by atoms with van der Waals surface area (Å²) in [5.74, 6) is 2.50. The summed E-state index contributed by atoms with van der Waals surface area (Å²) in [4.78, 5) is 12.5. The van der Waals surface area contributed by atoms with Crippen molar-refractivity contribution in [3.63, 3.8) is 0 Å². The Labute approximate surface area is 180 Å². The van der Waals surface area contributed by atoms with Crippen LogP contribution in [0.2, 0.25) is 0 Å². The van der Waals surface area contributed by atoms with E-state index in [4.69, 9.17) is 0 Å². The Bertz CT molecular complexity index is 849. The van der Waals surface area contributed by atoms with Crippen LogP contribution in [0, 0.1) is 23.7 Å². The Morgan fingerprint density at radius 1 is 1.07 bits per heavy atom. The first-order valence-electron chi connectivity index (χ1n) is 11.2. The maximum atomic E-state index is 14.6. The highest BCUT2D eigenvalue weighted by molar-refractivity contribution is 7.99. The van der Waals surface area contributed by atoms with Crippen molar-refractivity contribution in [2.45, 2.75) is 69.9 Å². The number of amides is 2. The van der Waals surface area contributed by atoms with Gasteiger partial charge in [0.15, 0.2) is 0 Å². The summed E-state index contributed by atoms with van der Waals surface area (Å²) in [5, 5.41) is 3.76. The van der Waals surface area contributed by atoms with Crippen molar-refractivity contribution in [2.24, 2.45) is 23.7 Å². The van der Waals surface area contributed by atoms with E-state index in [9.17, 15) is 21.3 Å². The quantitative estimate of drug-likeness (QED) is 0.431. The second-order valence-electron chi connectivity index (χ2n) is 9.54. The number of carbonyl (C=O) groups excluding carboxylic acids is 1. The highest BCUT2D eigenvalue weighted by Crippen LogP contribution is 2.53. The number of thiol groups is 1. The van der Waals surface area contributed by atoms with E-state index in [1.54, 1.807) is 0 Å². The topological polar surface area (TPSA) is 95.6 Å². The second kappa shape index (κ2) is 8.50. The molecule has 172 valence electrons. The van der Waals surface area contributed by atoms with Gasteiger partial charge in [-0.1, -0.05) is 25.3 Å². The third-order valence-corrected chi connectivity index (χ3v) is 10.1. The molecular formula is C20H34FN3O4S2. The highest BCUT2D eigenvalue weighted by Gasteiger charge is 2.48. The van der Waals surface area contributed by atoms with Gasteiger partial charge in [0.1, 0.15) is 10.5 Å². The maximum Gasteiger partial charge on any atom is 0.327 e. The normalized spacial score (nSPS) is 37.8. The molecule has 3 saturated carbocycles. The summed E-state index contributed by atoms with van der Waals surface area (Å²) in [6.07, 6.45) is 11.8. The molecule has 0 radical (unpaired) electrons. The Balaban J connectivity index is 1.35. The van der Waals surface area contributed by atoms with E-state index in [1.807, 2.05) is 4.72 Å². The minimum Gasteiger partial charge on any atom is -0.334 e. The SMILES string of the molecule is CS(=O)(=O)N1CCC[C@H]1/C=C/[SH](=O)(F)NC(=O)NC1CC2CCCC2C2CCCC12. The van der Waals surface area contributed by atoms with Gasteiger partial charge in [0.05, 0.1) is 6.26 Å². The zero-order chi connectivity index (χ0) is 21.5. The maximum absolute atomic E-state index is 14.6. The fraction of sp³-hybridized carbons (Fsp3) is 0.850. The molecule has 2 N–H and O–H groups in total. The van der Waals surface area contributed by atoms with Crippen LogP contribution in [0.1, 0.15) is 57.8 Å². The number of sulfonamides is 1. The fourth-order valence-corrected chi connectivity index (χ4v) is 8.56. The Morgan fingerprint density at radius 2 is 1.77 bits per heavy atom. The molecule has 4 fully saturated rings. The highest BCUT2D eigenvalue weighted by atomic mass is 32.3. The largest absolute Gasteiger partial charge is 0.334 e. The molecule has 6 atom stereocenters. The third-order valence-electron chi connectivity index (χ3n) is 7.71. The van der Waals surface area contributed by atoms with Crippen molar-refractivity contribution in [3.05, 3.63) is 11.5 Å². The molecule has 0 aromatic heterocycles. The molecule has 0 spiro atoms. The number of hydrogen-bond donors (Lipinski definition) is 3. The first-order valence-corrected chi connectivity index (χ1v) is 14.7. The summed E-state index contributed by atoms with van der Waals surface area (Å²) in [7, 11) is -7.97. The van der Waals surface area contributed by atoms with Crippen LogP contribution in [0.5, 0.6) is 0 Å². The van der Waals surface area contributed by atoms with Crippen LogP contribution in [-0.2, 0) is 20.5 Å². The molecular weight excluding hydrogens is 429 g/mol. The third kappa shape index (κ3) is 4.75. The van der Waals surface area contributed by atoms with Crippen LogP contribution in [0.4, 0.5) is 8.68 Å². The molecule has 3 aliphatic carbocycles. The fourth-order valence-electron chi connectivity index (χ4n) is 6.59. The molecule has 0 aromatic carbocycles. The van der Waals surface area contributed by atoms with E-state index in [0.29, 0.717) is 37.1 Å². The molecule has 4 aliphatic rings. The van der Waals surface area contributed by atoms with Crippen molar-refractivity contribution in [3.8, 4) is 0 Å². The van der Waals surface area contributed by atoms with Gasteiger partial charge < -0.3 is 5.32 Å². The van der Waals surface area contributed by atoms with Gasteiger partial charge in [-0.15, -0.1) is 3.89 Å². The van der Waals surface area contributed by atoms with Gasteiger partial charge in [0, 0.05) is 24.0 Å². The number of fused-ring (bicyclic) bond motifs is 3. The summed E-state index contributed by atoms with van der Waals surface area (Å²) in [5.41, 5.74) is 0. The van der Waals surface area contributed by atoms with Crippen LogP contribution in [0.25, 0.3) is 0 Å². The molecule has 10 heteroatoms. The van der Waals surface area contributed by atoms with Crippen molar-refractivity contribution >= 4 is 26.6 Å². The summed E-state index contributed by atoms with van der Waals surface area (Å²) in [6.45, 7) is 0.366. The Kier molecular flexibility index (Phi) is 6.29. The average Bonchev–Trinajstić information content (AvgIpc) is 3.37. The Morgan fingerprint density at radius 3 is 2.53 bits per heavy atom. The lowest BCUT2D eigenvalue weighted by atomic mass is 9.67. The van der Waals surface area contributed by atoms with Crippen LogP contribution in [-0.4, -0.2) is 47.8 Å². The lowest BCUT2D eigenvalue weighted by molar-refractivity contribution is 0.101. The number of halogens is 1. The van der Waals surface area contributed by atoms with Gasteiger partial charge in [-0.05, 0) is 62.2 Å². The van der Waals surface area contributed by atoms with Gasteiger partial charge in [0.25, 0.3) is 0 Å². The number of nitrogens with one attached hydrogen (secondary N) is 2. The van der Waals surface area contributed by atoms with E-state index < -0.39 is 32.6 Å². The second-order valence-corrected chi connectivity index (χ2v) is 13.2. The summed E-state index contributed by atoms with van der Waals surface area (Å²) < 4.78 is 53.7. The zero-order valence-electron chi connectivity index (χ0n) is 17.5. The van der Waals surface area contributed by atoms with Crippen molar-refractivity contribution in [2.75, 3.05) is 12.8 Å². The average molecular weight is 464 g/mol. The molecule has 1 aliphatic heterocycles. The molecule has 1 saturated heterocycles. The van der Waals surface area contributed by atoms with Crippen LogP contribution in [0.3, 0.4) is 0 Å². The van der Waals surface area contributed by atoms with E-state index in [2.05, 4.69) is 5.32 Å². The standard InChI is InChI=1S/C20H34FN3O4S2/c1-29(26,27)24-11-4-6-15(24)10-12-30(21,28)23-20(25)22-19-13-14-5-2-7-16(14)17-8-3-9-18(17)19/h10,12,14-19,30H,2-9,11,13H2,1H3,(H2,22,23,25,28)/b12-10+/t14?,15-,16?,17?,18?,19?/m0/s1. The molecule has 7 nitrogen and oxygen atoms in total.